The van der Waals surface area contributed by atoms with Gasteiger partial charge in [-0.3, -0.25) is 9.59 Å². The van der Waals surface area contributed by atoms with Gasteiger partial charge in [0.1, 0.15) is 11.6 Å². The Morgan fingerprint density at radius 3 is 2.58 bits per heavy atom. The molecule has 0 unspecified atom stereocenters. The van der Waals surface area contributed by atoms with Gasteiger partial charge in [-0.05, 0) is 42.3 Å². The summed E-state index contributed by atoms with van der Waals surface area (Å²) in [7, 11) is 1.49. The summed E-state index contributed by atoms with van der Waals surface area (Å²) in [4.78, 5) is 23.6. The van der Waals surface area contributed by atoms with E-state index in [1.807, 2.05) is 0 Å². The number of amides is 1. The molecule has 0 aliphatic heterocycles. The Morgan fingerprint density at radius 1 is 1.15 bits per heavy atom. The average molecular weight is 380 g/mol. The van der Waals surface area contributed by atoms with Crippen LogP contribution in [0.15, 0.2) is 42.5 Å². The van der Waals surface area contributed by atoms with Crippen molar-refractivity contribution in [1.29, 1.82) is 0 Å². The fourth-order valence-electron chi connectivity index (χ4n) is 2.29. The van der Waals surface area contributed by atoms with Gasteiger partial charge >= 0.3 is 5.97 Å². The summed E-state index contributed by atoms with van der Waals surface area (Å²) >= 11 is 5.91. The third-order valence-corrected chi connectivity index (χ3v) is 3.83. The molecule has 138 valence electrons. The van der Waals surface area contributed by atoms with Crippen molar-refractivity contribution in [2.45, 2.75) is 12.8 Å². The van der Waals surface area contributed by atoms with Gasteiger partial charge < -0.3 is 14.8 Å². The zero-order chi connectivity index (χ0) is 18.9. The van der Waals surface area contributed by atoms with Gasteiger partial charge in [0.2, 0.25) is 0 Å². The van der Waals surface area contributed by atoms with E-state index in [1.165, 1.54) is 19.2 Å². The number of nitrogens with one attached hydrogen (secondary N) is 1. The molecule has 0 aliphatic carbocycles. The van der Waals surface area contributed by atoms with E-state index < -0.39 is 11.9 Å². The highest BCUT2D eigenvalue weighted by Crippen LogP contribution is 2.23. The average Bonchev–Trinajstić information content (AvgIpc) is 2.62. The molecular weight excluding hydrogens is 361 g/mol. The Hall–Kier alpha value is -2.60. The minimum atomic E-state index is -0.556. The number of benzene rings is 2. The lowest BCUT2D eigenvalue weighted by atomic mass is 10.1. The SMILES string of the molecule is COc1ccc(Cl)cc1CC(=O)OCC(=O)NCCc1ccc(F)cc1. The number of hydrogen-bond acceptors (Lipinski definition) is 4. The van der Waals surface area contributed by atoms with Crippen LogP contribution in [0.4, 0.5) is 4.39 Å². The number of carbonyl (C=O) groups is 2. The van der Waals surface area contributed by atoms with Gasteiger partial charge in [0.25, 0.3) is 5.91 Å². The minimum absolute atomic E-state index is 0.0490. The van der Waals surface area contributed by atoms with E-state index in [9.17, 15) is 14.0 Å². The van der Waals surface area contributed by atoms with Crippen LogP contribution in [0.2, 0.25) is 5.02 Å². The summed E-state index contributed by atoms with van der Waals surface area (Å²) in [5.41, 5.74) is 1.48. The Bertz CT molecular complexity index is 765. The second-order valence-electron chi connectivity index (χ2n) is 5.52. The summed E-state index contributed by atoms with van der Waals surface area (Å²) in [6.07, 6.45) is 0.506. The zero-order valence-corrected chi connectivity index (χ0v) is 15.0. The van der Waals surface area contributed by atoms with Gasteiger partial charge in [0.15, 0.2) is 6.61 Å². The molecular formula is C19H19ClFNO4. The number of methoxy groups -OCH3 is 1. The fourth-order valence-corrected chi connectivity index (χ4v) is 2.48. The molecule has 0 aromatic heterocycles. The maximum atomic E-state index is 12.8. The van der Waals surface area contributed by atoms with Crippen LogP contribution in [0.1, 0.15) is 11.1 Å². The first kappa shape index (κ1) is 19.7. The van der Waals surface area contributed by atoms with Gasteiger partial charge in [0.05, 0.1) is 13.5 Å². The molecule has 7 heteroatoms. The normalized spacial score (nSPS) is 10.3. The lowest BCUT2D eigenvalue weighted by Crippen LogP contribution is -2.30. The van der Waals surface area contributed by atoms with E-state index in [0.717, 1.165) is 5.56 Å². The van der Waals surface area contributed by atoms with Crippen LogP contribution in [0, 0.1) is 5.82 Å². The van der Waals surface area contributed by atoms with E-state index in [1.54, 1.807) is 30.3 Å². The first-order valence-electron chi connectivity index (χ1n) is 7.97. The van der Waals surface area contributed by atoms with Crippen LogP contribution >= 0.6 is 11.6 Å². The van der Waals surface area contributed by atoms with Crippen molar-refractivity contribution >= 4 is 23.5 Å². The molecule has 1 N–H and O–H groups in total. The molecule has 2 aromatic carbocycles. The number of ether oxygens (including phenoxy) is 2. The number of carbonyl (C=O) groups excluding carboxylic acids is 2. The topological polar surface area (TPSA) is 64.6 Å². The van der Waals surface area contributed by atoms with E-state index in [4.69, 9.17) is 21.1 Å². The van der Waals surface area contributed by atoms with Crippen molar-refractivity contribution in [2.75, 3.05) is 20.3 Å². The lowest BCUT2D eigenvalue weighted by Gasteiger charge is -2.09. The van der Waals surface area contributed by atoms with Crippen LogP contribution in [-0.2, 0) is 27.2 Å². The molecule has 5 nitrogen and oxygen atoms in total. The summed E-state index contributed by atoms with van der Waals surface area (Å²) < 4.78 is 22.9. The number of esters is 1. The van der Waals surface area contributed by atoms with Crippen molar-refractivity contribution in [3.63, 3.8) is 0 Å². The zero-order valence-electron chi connectivity index (χ0n) is 14.3. The highest BCUT2D eigenvalue weighted by molar-refractivity contribution is 6.30. The minimum Gasteiger partial charge on any atom is -0.496 e. The maximum absolute atomic E-state index is 12.8. The Morgan fingerprint density at radius 2 is 1.88 bits per heavy atom. The van der Waals surface area contributed by atoms with E-state index in [2.05, 4.69) is 5.32 Å². The van der Waals surface area contributed by atoms with Crippen molar-refractivity contribution < 1.29 is 23.5 Å². The third-order valence-electron chi connectivity index (χ3n) is 3.59. The molecule has 0 fully saturated rings. The second-order valence-corrected chi connectivity index (χ2v) is 5.96. The van der Waals surface area contributed by atoms with Crippen molar-refractivity contribution in [3.05, 3.63) is 64.4 Å². The van der Waals surface area contributed by atoms with E-state index >= 15 is 0 Å². The molecule has 0 aliphatic rings. The summed E-state index contributed by atoms with van der Waals surface area (Å²) in [6, 6.07) is 11.0. The molecule has 0 spiro atoms. The highest BCUT2D eigenvalue weighted by Gasteiger charge is 2.12. The molecule has 0 saturated carbocycles. The van der Waals surface area contributed by atoms with Gasteiger partial charge in [-0.15, -0.1) is 0 Å². The Kier molecular flexibility index (Phi) is 7.41. The smallest absolute Gasteiger partial charge is 0.310 e. The predicted molar refractivity (Wildman–Crippen MR) is 95.8 cm³/mol. The number of hydrogen-bond donors (Lipinski definition) is 1. The highest BCUT2D eigenvalue weighted by atomic mass is 35.5. The molecule has 0 bridgehead atoms. The predicted octanol–water partition coefficient (Wildman–Crippen LogP) is 2.93. The standard InChI is InChI=1S/C19H19ClFNO4/c1-25-17-7-4-15(20)10-14(17)11-19(24)26-12-18(23)22-9-8-13-2-5-16(21)6-3-13/h2-7,10H,8-9,11-12H2,1H3,(H,22,23). The van der Waals surface area contributed by atoms with Crippen LogP contribution < -0.4 is 10.1 Å². The van der Waals surface area contributed by atoms with E-state index in [0.29, 0.717) is 29.3 Å². The van der Waals surface area contributed by atoms with Crippen LogP contribution in [-0.4, -0.2) is 32.1 Å². The molecule has 0 radical (unpaired) electrons. The molecule has 0 saturated heterocycles. The van der Waals surface area contributed by atoms with Gasteiger partial charge in [-0.2, -0.15) is 0 Å². The monoisotopic (exact) mass is 379 g/mol. The van der Waals surface area contributed by atoms with E-state index in [-0.39, 0.29) is 18.8 Å². The second kappa shape index (κ2) is 9.77. The van der Waals surface area contributed by atoms with Crippen molar-refractivity contribution in [3.8, 4) is 5.75 Å². The van der Waals surface area contributed by atoms with Crippen LogP contribution in [0.5, 0.6) is 5.75 Å². The third kappa shape index (κ3) is 6.37. The summed E-state index contributed by atoms with van der Waals surface area (Å²) in [5, 5.41) is 3.12. The summed E-state index contributed by atoms with van der Waals surface area (Å²) in [6.45, 7) is -0.00470. The van der Waals surface area contributed by atoms with Gasteiger partial charge in [-0.25, -0.2) is 4.39 Å². The maximum Gasteiger partial charge on any atom is 0.310 e. The first-order valence-corrected chi connectivity index (χ1v) is 8.35. The molecule has 1 amide bonds. The molecule has 0 heterocycles. The van der Waals surface area contributed by atoms with Crippen LogP contribution in [0.3, 0.4) is 0 Å². The molecule has 2 aromatic rings. The van der Waals surface area contributed by atoms with Crippen molar-refractivity contribution in [1.82, 2.24) is 5.32 Å². The molecule has 0 atom stereocenters. The van der Waals surface area contributed by atoms with Crippen molar-refractivity contribution in [2.24, 2.45) is 0 Å². The summed E-state index contributed by atoms with van der Waals surface area (Å²) in [5.74, 6) is -0.742. The number of halogens is 2. The quantitative estimate of drug-likeness (QED) is 0.716. The fraction of sp³-hybridized carbons (Fsp3) is 0.263. The molecule has 26 heavy (non-hydrogen) atoms. The molecule has 2 rings (SSSR count). The van der Waals surface area contributed by atoms with Gasteiger partial charge in [-0.1, -0.05) is 23.7 Å². The van der Waals surface area contributed by atoms with Crippen LogP contribution in [0.25, 0.3) is 0 Å². The number of rotatable bonds is 8. The lowest BCUT2D eigenvalue weighted by molar-refractivity contribution is -0.147. The largest absolute Gasteiger partial charge is 0.496 e. The Balaban J connectivity index is 1.72. The van der Waals surface area contributed by atoms with Gasteiger partial charge in [0, 0.05) is 17.1 Å². The first-order chi connectivity index (χ1) is 12.5. The Labute approximate surface area is 156 Å².